The van der Waals surface area contributed by atoms with Crippen LogP contribution in [0.25, 0.3) is 0 Å². The molecule has 0 radical (unpaired) electrons. The minimum Gasteiger partial charge on any atom is -0.468 e. The van der Waals surface area contributed by atoms with E-state index in [0.29, 0.717) is 9.13 Å². The second-order valence-electron chi connectivity index (χ2n) is 6.47. The minimum atomic E-state index is -1.41. The third-order valence-corrected chi connectivity index (χ3v) is 6.14. The van der Waals surface area contributed by atoms with Crippen LogP contribution in [0.15, 0.2) is 27.0 Å². The van der Waals surface area contributed by atoms with Crippen molar-refractivity contribution in [2.24, 2.45) is 0 Å². The Kier molecular flexibility index (Phi) is 12.1. The van der Waals surface area contributed by atoms with Crippen molar-refractivity contribution in [1.29, 1.82) is 0 Å². The number of aliphatic hydroxyl groups is 2. The molecule has 12 nitrogen and oxygen atoms in total. The van der Waals surface area contributed by atoms with E-state index >= 15 is 0 Å². The number of ether oxygens (including phenoxy) is 2. The number of methoxy groups -OCH3 is 1. The van der Waals surface area contributed by atoms with Gasteiger partial charge in [0.2, 0.25) is 0 Å². The van der Waals surface area contributed by atoms with E-state index in [1.807, 2.05) is 0 Å². The Morgan fingerprint density at radius 3 is 1.97 bits per heavy atom. The zero-order valence-electron chi connectivity index (χ0n) is 17.8. The monoisotopic (exact) mass is 493 g/mol. The van der Waals surface area contributed by atoms with E-state index < -0.39 is 54.4 Å². The van der Waals surface area contributed by atoms with Crippen molar-refractivity contribution < 1.29 is 29.3 Å². The molecule has 0 aliphatic carbocycles. The molecule has 32 heavy (non-hydrogen) atoms. The van der Waals surface area contributed by atoms with Gasteiger partial charge in [-0.3, -0.25) is 9.59 Å². The Labute approximate surface area is 191 Å². The number of carbonyl (C=O) groups is 2. The van der Waals surface area contributed by atoms with E-state index in [2.05, 4.69) is 11.3 Å². The fourth-order valence-electron chi connectivity index (χ4n) is 2.35. The number of esters is 2. The van der Waals surface area contributed by atoms with Crippen molar-refractivity contribution in [1.82, 2.24) is 13.7 Å². The summed E-state index contributed by atoms with van der Waals surface area (Å²) in [6, 6.07) is 0. The number of nitrogens with zero attached hydrogens (tertiary/aromatic N) is 3. The molecule has 2 atom stereocenters. The van der Waals surface area contributed by atoms with Gasteiger partial charge in [-0.1, -0.05) is 34.6 Å². The van der Waals surface area contributed by atoms with Gasteiger partial charge in [-0.2, -0.15) is 0 Å². The van der Waals surface area contributed by atoms with Gasteiger partial charge in [-0.05, 0) is 6.42 Å². The predicted molar refractivity (Wildman–Crippen MR) is 120 cm³/mol. The first kappa shape index (κ1) is 27.7. The number of aliphatic hydroxyl groups excluding tert-OH is 2. The van der Waals surface area contributed by atoms with Crippen LogP contribution in [-0.2, 0) is 38.7 Å². The number of hydrogen-bond acceptors (Lipinski definition) is 11. The second-order valence-corrected chi connectivity index (χ2v) is 8.93. The molecule has 0 amide bonds. The maximum atomic E-state index is 12.7. The molecular formula is C18H27N3O9S2. The second kappa shape index (κ2) is 14.0. The quantitative estimate of drug-likeness (QED) is 0.136. The Morgan fingerprint density at radius 2 is 1.47 bits per heavy atom. The lowest BCUT2D eigenvalue weighted by molar-refractivity contribution is -0.143. The van der Waals surface area contributed by atoms with Crippen molar-refractivity contribution in [3.05, 3.63) is 44.1 Å². The summed E-state index contributed by atoms with van der Waals surface area (Å²) in [7, 11) is 3.41. The van der Waals surface area contributed by atoms with Crippen LogP contribution in [0.5, 0.6) is 0 Å². The molecule has 0 aliphatic heterocycles. The standard InChI is InChI=1S/C18H27N3O9S2/c1-4-6-19-16(26)20(7-12(22)5-2)18(28)21(17(19)27)8-13(23)9-30-15(25)11-32-31-10-14(24)29-3/h4,12-13,22-23H,1,5-11H2,2-3H3. The van der Waals surface area contributed by atoms with Crippen LogP contribution in [0, 0.1) is 0 Å². The molecule has 2 unspecified atom stereocenters. The molecule has 0 saturated carbocycles. The number of carbonyl (C=O) groups excluding carboxylic acids is 2. The SMILES string of the molecule is C=CCn1c(=O)n(CC(O)CC)c(=O)n(CC(O)COC(=O)CSSCC(=O)OC)c1=O. The molecule has 0 aromatic carbocycles. The van der Waals surface area contributed by atoms with Gasteiger partial charge in [-0.25, -0.2) is 28.1 Å². The highest BCUT2D eigenvalue weighted by Gasteiger charge is 2.19. The van der Waals surface area contributed by atoms with Crippen LogP contribution in [0.4, 0.5) is 0 Å². The fraction of sp³-hybridized carbons (Fsp3) is 0.611. The molecule has 0 aliphatic rings. The summed E-state index contributed by atoms with van der Waals surface area (Å²) in [4.78, 5) is 60.4. The lowest BCUT2D eigenvalue weighted by Gasteiger charge is -2.17. The average molecular weight is 494 g/mol. The molecule has 1 rings (SSSR count). The molecular weight excluding hydrogens is 466 g/mol. The lowest BCUT2D eigenvalue weighted by Crippen LogP contribution is -2.56. The normalized spacial score (nSPS) is 12.8. The van der Waals surface area contributed by atoms with Crippen LogP contribution in [-0.4, -0.2) is 73.3 Å². The predicted octanol–water partition coefficient (Wildman–Crippen LogP) is -1.41. The van der Waals surface area contributed by atoms with Gasteiger partial charge in [0.15, 0.2) is 0 Å². The van der Waals surface area contributed by atoms with E-state index in [1.165, 1.54) is 13.2 Å². The highest BCUT2D eigenvalue weighted by molar-refractivity contribution is 8.77. The summed E-state index contributed by atoms with van der Waals surface area (Å²) in [6.45, 7) is 3.61. The van der Waals surface area contributed by atoms with Gasteiger partial charge >= 0.3 is 29.0 Å². The van der Waals surface area contributed by atoms with Crippen LogP contribution in [0.2, 0.25) is 0 Å². The van der Waals surface area contributed by atoms with Gasteiger partial charge in [0, 0.05) is 0 Å². The number of aromatic nitrogens is 3. The molecule has 0 spiro atoms. The summed E-state index contributed by atoms with van der Waals surface area (Å²) in [5.41, 5.74) is -2.85. The summed E-state index contributed by atoms with van der Waals surface area (Å²) >= 11 is 0. The Morgan fingerprint density at radius 1 is 0.969 bits per heavy atom. The van der Waals surface area contributed by atoms with E-state index in [1.54, 1.807) is 6.92 Å². The maximum Gasteiger partial charge on any atom is 0.336 e. The first-order valence-electron chi connectivity index (χ1n) is 9.54. The molecule has 2 N–H and O–H groups in total. The van der Waals surface area contributed by atoms with E-state index in [4.69, 9.17) is 4.74 Å². The van der Waals surface area contributed by atoms with Crippen LogP contribution >= 0.6 is 21.6 Å². The van der Waals surface area contributed by atoms with Crippen LogP contribution in [0.1, 0.15) is 13.3 Å². The van der Waals surface area contributed by atoms with Gasteiger partial charge in [-0.15, -0.1) is 6.58 Å². The van der Waals surface area contributed by atoms with Crippen molar-refractivity contribution >= 4 is 33.5 Å². The molecule has 0 saturated heterocycles. The summed E-state index contributed by atoms with van der Waals surface area (Å²) < 4.78 is 11.5. The van der Waals surface area contributed by atoms with E-state index in [0.717, 1.165) is 26.2 Å². The molecule has 0 bridgehead atoms. The zero-order valence-corrected chi connectivity index (χ0v) is 19.4. The van der Waals surface area contributed by atoms with E-state index in [9.17, 15) is 34.2 Å². The smallest absolute Gasteiger partial charge is 0.336 e. The zero-order chi connectivity index (χ0) is 24.3. The highest BCUT2D eigenvalue weighted by atomic mass is 33.1. The van der Waals surface area contributed by atoms with Gasteiger partial charge in [0.1, 0.15) is 24.2 Å². The van der Waals surface area contributed by atoms with E-state index in [-0.39, 0.29) is 31.0 Å². The number of rotatable bonds is 14. The minimum absolute atomic E-state index is 0.0550. The molecule has 180 valence electrons. The lowest BCUT2D eigenvalue weighted by atomic mass is 10.3. The van der Waals surface area contributed by atoms with Gasteiger partial charge in [0.05, 0.1) is 32.8 Å². The largest absolute Gasteiger partial charge is 0.468 e. The topological polar surface area (TPSA) is 159 Å². The Bertz CT molecular complexity index is 970. The number of allylic oxidation sites excluding steroid dienone is 1. The summed E-state index contributed by atoms with van der Waals surface area (Å²) in [5, 5.41) is 20.0. The van der Waals surface area contributed by atoms with Crippen molar-refractivity contribution in [3.8, 4) is 0 Å². The Balaban J connectivity index is 2.87. The van der Waals surface area contributed by atoms with Gasteiger partial charge in [0.25, 0.3) is 0 Å². The first-order chi connectivity index (χ1) is 15.2. The molecule has 1 heterocycles. The number of hydrogen-bond donors (Lipinski definition) is 2. The molecule has 1 aromatic heterocycles. The first-order valence-corrected chi connectivity index (χ1v) is 12.0. The molecule has 0 fully saturated rings. The maximum absolute atomic E-state index is 12.7. The van der Waals surface area contributed by atoms with Gasteiger partial charge < -0.3 is 19.7 Å². The van der Waals surface area contributed by atoms with Crippen LogP contribution in [0.3, 0.4) is 0 Å². The fourth-order valence-corrected chi connectivity index (χ4v) is 3.99. The summed E-state index contributed by atoms with van der Waals surface area (Å²) in [6.07, 6.45) is -0.812. The van der Waals surface area contributed by atoms with Crippen LogP contribution < -0.4 is 17.1 Å². The third kappa shape index (κ3) is 8.33. The Hall–Kier alpha value is -2.29. The molecule has 1 aromatic rings. The highest BCUT2D eigenvalue weighted by Crippen LogP contribution is 2.20. The van der Waals surface area contributed by atoms with Crippen molar-refractivity contribution in [3.63, 3.8) is 0 Å². The summed E-state index contributed by atoms with van der Waals surface area (Å²) in [5.74, 6) is -1.15. The van der Waals surface area contributed by atoms with Crippen molar-refractivity contribution in [2.45, 2.75) is 45.2 Å². The van der Waals surface area contributed by atoms with Crippen molar-refractivity contribution in [2.75, 3.05) is 25.2 Å². The average Bonchev–Trinajstić information content (AvgIpc) is 2.78. The molecule has 14 heteroatoms. The third-order valence-electron chi connectivity index (χ3n) is 4.06.